The monoisotopic (exact) mass is 493 g/mol. The highest BCUT2D eigenvalue weighted by Gasteiger charge is 2.46. The number of benzene rings is 1. The molecule has 1 aliphatic heterocycles. The van der Waals surface area contributed by atoms with Gasteiger partial charge in [-0.15, -0.1) is 16.4 Å². The van der Waals surface area contributed by atoms with Gasteiger partial charge in [0, 0.05) is 10.9 Å². The van der Waals surface area contributed by atoms with Crippen LogP contribution in [0.4, 0.5) is 13.2 Å². The zero-order valence-corrected chi connectivity index (χ0v) is 17.8. The van der Waals surface area contributed by atoms with Crippen LogP contribution in [-0.4, -0.2) is 60.7 Å². The lowest BCUT2D eigenvalue weighted by molar-refractivity contribution is -0.178. The number of hydrogen-bond acceptors (Lipinski definition) is 8. The van der Waals surface area contributed by atoms with Crippen molar-refractivity contribution in [3.63, 3.8) is 0 Å². The number of rotatable bonds is 5. The Hall–Kier alpha value is -1.67. The Labute approximate surface area is 187 Å². The lowest BCUT2D eigenvalue weighted by Gasteiger charge is -2.41. The van der Waals surface area contributed by atoms with Crippen LogP contribution in [0.25, 0.3) is 11.3 Å². The zero-order valence-electron chi connectivity index (χ0n) is 15.4. The Morgan fingerprint density at radius 3 is 2.48 bits per heavy atom. The second-order valence-corrected chi connectivity index (χ2v) is 9.48. The molecule has 166 valence electrons. The van der Waals surface area contributed by atoms with E-state index in [1.54, 1.807) is 11.4 Å². The number of thiophene rings is 1. The molecule has 2 aromatic heterocycles. The van der Waals surface area contributed by atoms with Crippen molar-refractivity contribution >= 4 is 34.7 Å². The van der Waals surface area contributed by atoms with Gasteiger partial charge in [0.05, 0.1) is 22.0 Å². The van der Waals surface area contributed by atoms with Gasteiger partial charge in [0.2, 0.25) is 0 Å². The Kier molecular flexibility index (Phi) is 6.58. The summed E-state index contributed by atoms with van der Waals surface area (Å²) in [5.74, 6) is -4.38. The predicted octanol–water partition coefficient (Wildman–Crippen LogP) is 2.85. The zero-order chi connectivity index (χ0) is 22.3. The molecule has 1 aromatic carbocycles. The van der Waals surface area contributed by atoms with E-state index in [-0.39, 0.29) is 11.3 Å². The molecule has 3 heterocycles. The van der Waals surface area contributed by atoms with E-state index in [1.165, 1.54) is 17.5 Å². The molecule has 1 fully saturated rings. The van der Waals surface area contributed by atoms with Crippen LogP contribution < -0.4 is 0 Å². The number of aliphatic hydroxyl groups excluding tert-OH is 3. The Balaban J connectivity index is 1.63. The maximum absolute atomic E-state index is 13.6. The van der Waals surface area contributed by atoms with Crippen molar-refractivity contribution in [2.24, 2.45) is 0 Å². The molecule has 0 radical (unpaired) electrons. The van der Waals surface area contributed by atoms with Crippen LogP contribution in [0.5, 0.6) is 0 Å². The predicted molar refractivity (Wildman–Crippen MR) is 107 cm³/mol. The minimum atomic E-state index is -1.61. The number of thioether (sulfide) groups is 1. The first-order valence-corrected chi connectivity index (χ1v) is 11.0. The fraction of sp³-hybridized carbons (Fsp3) is 0.333. The summed E-state index contributed by atoms with van der Waals surface area (Å²) in [5.41, 5.74) is -0.955. The molecule has 0 saturated carbocycles. The van der Waals surface area contributed by atoms with Crippen molar-refractivity contribution in [3.8, 4) is 11.3 Å². The van der Waals surface area contributed by atoms with Crippen LogP contribution in [0, 0.1) is 17.5 Å². The summed E-state index contributed by atoms with van der Waals surface area (Å²) in [7, 11) is 0. The van der Waals surface area contributed by atoms with Crippen molar-refractivity contribution in [1.82, 2.24) is 15.0 Å². The largest absolute Gasteiger partial charge is 0.394 e. The third-order valence-electron chi connectivity index (χ3n) is 4.72. The first kappa shape index (κ1) is 22.5. The number of aromatic nitrogens is 3. The van der Waals surface area contributed by atoms with Crippen molar-refractivity contribution in [1.29, 1.82) is 0 Å². The summed E-state index contributed by atoms with van der Waals surface area (Å²) in [6.07, 6.45) is -2.43. The SMILES string of the molecule is OC[C@H]1O[C@H](Sc2cc(Cl)cs2)[C@H](O)[C@@H](n2cc(-c3cc(F)c(F)c(F)c3)nn2)[C@H]1O. The summed E-state index contributed by atoms with van der Waals surface area (Å²) in [4.78, 5) is 0. The normalized spacial score (nSPS) is 26.4. The maximum Gasteiger partial charge on any atom is 0.194 e. The van der Waals surface area contributed by atoms with E-state index in [0.29, 0.717) is 5.02 Å². The molecule has 5 atom stereocenters. The first-order chi connectivity index (χ1) is 14.8. The van der Waals surface area contributed by atoms with Gasteiger partial charge in [-0.2, -0.15) is 0 Å². The molecule has 13 heteroatoms. The number of halogens is 4. The van der Waals surface area contributed by atoms with Gasteiger partial charge in [-0.25, -0.2) is 17.9 Å². The molecule has 0 bridgehead atoms. The summed E-state index contributed by atoms with van der Waals surface area (Å²) in [6, 6.07) is 2.13. The number of ether oxygens (including phenoxy) is 1. The molecule has 3 N–H and O–H groups in total. The fourth-order valence-corrected chi connectivity index (χ4v) is 5.64. The molecule has 0 unspecified atom stereocenters. The lowest BCUT2D eigenvalue weighted by Crippen LogP contribution is -2.55. The summed E-state index contributed by atoms with van der Waals surface area (Å²) in [6.45, 7) is -0.525. The second-order valence-electron chi connectivity index (χ2n) is 6.74. The van der Waals surface area contributed by atoms with Crippen molar-refractivity contribution in [2.75, 3.05) is 6.61 Å². The molecule has 3 aromatic rings. The van der Waals surface area contributed by atoms with Crippen molar-refractivity contribution in [2.45, 2.75) is 34.0 Å². The molecule has 0 aliphatic carbocycles. The topological polar surface area (TPSA) is 101 Å². The molecular formula is C18H15ClF3N3O4S2. The average Bonchev–Trinajstić information content (AvgIpc) is 3.37. The van der Waals surface area contributed by atoms with Gasteiger partial charge in [-0.1, -0.05) is 28.6 Å². The highest BCUT2D eigenvalue weighted by molar-refractivity contribution is 8.01. The summed E-state index contributed by atoms with van der Waals surface area (Å²) >= 11 is 8.42. The highest BCUT2D eigenvalue weighted by Crippen LogP contribution is 2.40. The lowest BCUT2D eigenvalue weighted by atomic mass is 9.97. The average molecular weight is 494 g/mol. The third-order valence-corrected chi connectivity index (χ3v) is 7.34. The minimum absolute atomic E-state index is 0.00141. The van der Waals surface area contributed by atoms with Crippen molar-refractivity contribution < 1.29 is 33.2 Å². The van der Waals surface area contributed by atoms with Crippen molar-refractivity contribution in [3.05, 3.63) is 52.3 Å². The van der Waals surface area contributed by atoms with E-state index in [0.717, 1.165) is 32.8 Å². The number of aliphatic hydroxyl groups is 3. The Morgan fingerprint density at radius 1 is 1.16 bits per heavy atom. The number of hydrogen-bond donors (Lipinski definition) is 3. The fourth-order valence-electron chi connectivity index (χ4n) is 3.21. The number of nitrogens with zero attached hydrogens (tertiary/aromatic N) is 3. The smallest absolute Gasteiger partial charge is 0.194 e. The van der Waals surface area contributed by atoms with Gasteiger partial charge >= 0.3 is 0 Å². The van der Waals surface area contributed by atoms with E-state index < -0.39 is 53.8 Å². The van der Waals surface area contributed by atoms with E-state index in [2.05, 4.69) is 10.3 Å². The molecular weight excluding hydrogens is 479 g/mol. The Bertz CT molecular complexity index is 1060. The molecule has 31 heavy (non-hydrogen) atoms. The first-order valence-electron chi connectivity index (χ1n) is 8.88. The molecule has 7 nitrogen and oxygen atoms in total. The van der Waals surface area contributed by atoms with E-state index >= 15 is 0 Å². The van der Waals surface area contributed by atoms with E-state index in [4.69, 9.17) is 16.3 Å². The highest BCUT2D eigenvalue weighted by atomic mass is 35.5. The molecule has 4 rings (SSSR count). The van der Waals surface area contributed by atoms with Gasteiger partial charge in [-0.3, -0.25) is 0 Å². The summed E-state index contributed by atoms with van der Waals surface area (Å²) in [5, 5.41) is 41.0. The molecule has 0 spiro atoms. The second kappa shape index (κ2) is 9.06. The molecule has 0 amide bonds. The van der Waals surface area contributed by atoms with Crippen LogP contribution in [-0.2, 0) is 4.74 Å². The van der Waals surface area contributed by atoms with E-state index in [1.807, 2.05) is 0 Å². The van der Waals surface area contributed by atoms with Gasteiger partial charge in [0.25, 0.3) is 0 Å². The van der Waals surface area contributed by atoms with Crippen LogP contribution in [0.3, 0.4) is 0 Å². The van der Waals surface area contributed by atoms with Gasteiger partial charge in [0.1, 0.15) is 35.5 Å². The van der Waals surface area contributed by atoms with E-state index in [9.17, 15) is 28.5 Å². The van der Waals surface area contributed by atoms with Crippen LogP contribution in [0.15, 0.2) is 34.0 Å². The quantitative estimate of drug-likeness (QED) is 0.470. The van der Waals surface area contributed by atoms with Gasteiger partial charge in [-0.05, 0) is 18.2 Å². The third kappa shape index (κ3) is 4.46. The Morgan fingerprint density at radius 2 is 1.87 bits per heavy atom. The van der Waals surface area contributed by atoms with Crippen LogP contribution in [0.1, 0.15) is 6.04 Å². The van der Waals surface area contributed by atoms with Gasteiger partial charge < -0.3 is 20.1 Å². The molecule has 1 aliphatic rings. The standard InChI is InChI=1S/C18H15ClF3N3O4S2/c19-8-3-13(30-6-8)31-18-17(28)15(16(27)12(5-26)29-18)25-4-11(23-24-25)7-1-9(20)14(22)10(21)2-7/h1-4,6,12,15-18,26-28H,5H2/t12-,15+,16+,17-,18-/m1/s1. The van der Waals surface area contributed by atoms with Crippen LogP contribution >= 0.6 is 34.7 Å². The van der Waals surface area contributed by atoms with Gasteiger partial charge in [0.15, 0.2) is 17.5 Å². The minimum Gasteiger partial charge on any atom is -0.394 e. The van der Waals surface area contributed by atoms with Crippen LogP contribution in [0.2, 0.25) is 5.02 Å². The summed E-state index contributed by atoms with van der Waals surface area (Å²) < 4.78 is 47.9. The molecule has 1 saturated heterocycles. The maximum atomic E-state index is 13.6.